The molecule has 0 unspecified atom stereocenters. The Morgan fingerprint density at radius 1 is 1.15 bits per heavy atom. The van der Waals surface area contributed by atoms with E-state index in [-0.39, 0.29) is 11.8 Å². The Bertz CT molecular complexity index is 848. The second-order valence-electron chi connectivity index (χ2n) is 5.97. The third kappa shape index (κ3) is 3.22. The van der Waals surface area contributed by atoms with Crippen molar-refractivity contribution in [3.8, 4) is 11.5 Å². The number of rotatable bonds is 5. The number of nitrogens with one attached hydrogen (secondary N) is 1. The minimum Gasteiger partial charge on any atom is -0.497 e. The quantitative estimate of drug-likeness (QED) is 0.895. The zero-order valence-corrected chi connectivity index (χ0v) is 15.2. The summed E-state index contributed by atoms with van der Waals surface area (Å²) in [6.45, 7) is 2.45. The highest BCUT2D eigenvalue weighted by molar-refractivity contribution is 6.08. The van der Waals surface area contributed by atoms with E-state index in [1.54, 1.807) is 49.5 Å². The average Bonchev–Trinajstić information content (AvgIpc) is 3.11. The van der Waals surface area contributed by atoms with Gasteiger partial charge >= 0.3 is 0 Å². The van der Waals surface area contributed by atoms with E-state index in [1.165, 1.54) is 0 Å². The van der Waals surface area contributed by atoms with Crippen LogP contribution in [0.1, 0.15) is 29.3 Å². The highest BCUT2D eigenvalue weighted by atomic mass is 16.5. The van der Waals surface area contributed by atoms with Crippen molar-refractivity contribution in [3.05, 3.63) is 47.5 Å². The van der Waals surface area contributed by atoms with Crippen molar-refractivity contribution in [1.82, 2.24) is 0 Å². The van der Waals surface area contributed by atoms with Crippen LogP contribution in [0, 0.1) is 0 Å². The summed E-state index contributed by atoms with van der Waals surface area (Å²) in [4.78, 5) is 26.7. The summed E-state index contributed by atoms with van der Waals surface area (Å²) in [5.41, 5.74) is 2.82. The van der Waals surface area contributed by atoms with E-state index >= 15 is 0 Å². The number of ether oxygens (including phenoxy) is 2. The lowest BCUT2D eigenvalue weighted by Crippen LogP contribution is -2.27. The van der Waals surface area contributed by atoms with Gasteiger partial charge in [-0.2, -0.15) is 0 Å². The number of anilines is 2. The maximum absolute atomic E-state index is 12.9. The largest absolute Gasteiger partial charge is 0.497 e. The normalized spacial score (nSPS) is 12.5. The molecule has 2 aromatic rings. The van der Waals surface area contributed by atoms with Gasteiger partial charge in [-0.1, -0.05) is 13.0 Å². The number of amides is 2. The monoisotopic (exact) mass is 354 g/mol. The van der Waals surface area contributed by atoms with Gasteiger partial charge in [0, 0.05) is 30.3 Å². The average molecular weight is 354 g/mol. The summed E-state index contributed by atoms with van der Waals surface area (Å²) < 4.78 is 10.5. The molecule has 0 aliphatic carbocycles. The van der Waals surface area contributed by atoms with Crippen molar-refractivity contribution in [1.29, 1.82) is 0 Å². The lowest BCUT2D eigenvalue weighted by atomic mass is 10.0. The second kappa shape index (κ2) is 7.47. The fourth-order valence-electron chi connectivity index (χ4n) is 3.20. The second-order valence-corrected chi connectivity index (χ2v) is 5.97. The van der Waals surface area contributed by atoms with Crippen LogP contribution in [-0.4, -0.2) is 32.6 Å². The minimum absolute atomic E-state index is 0.0655. The highest BCUT2D eigenvalue weighted by Gasteiger charge is 2.27. The topological polar surface area (TPSA) is 67.9 Å². The molecular formula is C20H22N2O4. The van der Waals surface area contributed by atoms with E-state index in [0.717, 1.165) is 11.3 Å². The number of carbonyl (C=O) groups excluding carboxylic acids is 2. The van der Waals surface area contributed by atoms with E-state index < -0.39 is 0 Å². The molecule has 136 valence electrons. The van der Waals surface area contributed by atoms with E-state index in [9.17, 15) is 9.59 Å². The highest BCUT2D eigenvalue weighted by Crippen LogP contribution is 2.33. The molecule has 0 saturated heterocycles. The standard InChI is InChI=1S/C20H22N2O4/c1-4-19(23)22-11-10-14-15(6-5-7-17(14)22)20(24)21-16-12-13(25-2)8-9-18(16)26-3/h5-9,12H,4,10-11H2,1-3H3,(H,21,24). The van der Waals surface area contributed by atoms with Crippen LogP contribution in [0.2, 0.25) is 0 Å². The van der Waals surface area contributed by atoms with Gasteiger partial charge in [0.1, 0.15) is 11.5 Å². The van der Waals surface area contributed by atoms with Crippen LogP contribution in [0.25, 0.3) is 0 Å². The van der Waals surface area contributed by atoms with Crippen molar-refractivity contribution in [2.75, 3.05) is 31.0 Å². The number of hydrogen-bond donors (Lipinski definition) is 1. The van der Waals surface area contributed by atoms with Crippen molar-refractivity contribution in [2.45, 2.75) is 19.8 Å². The molecule has 0 atom stereocenters. The third-order valence-corrected chi connectivity index (χ3v) is 4.53. The fraction of sp³-hybridized carbons (Fsp3) is 0.300. The molecule has 26 heavy (non-hydrogen) atoms. The molecule has 0 radical (unpaired) electrons. The van der Waals surface area contributed by atoms with Gasteiger partial charge in [0.2, 0.25) is 5.91 Å². The molecule has 0 aromatic heterocycles. The lowest BCUT2D eigenvalue weighted by Gasteiger charge is -2.17. The Morgan fingerprint density at radius 2 is 1.96 bits per heavy atom. The van der Waals surface area contributed by atoms with Crippen molar-refractivity contribution < 1.29 is 19.1 Å². The first-order valence-electron chi connectivity index (χ1n) is 8.54. The van der Waals surface area contributed by atoms with Crippen molar-refractivity contribution in [3.63, 3.8) is 0 Å². The summed E-state index contributed by atoms with van der Waals surface area (Å²) in [6.07, 6.45) is 1.11. The number of nitrogens with zero attached hydrogens (tertiary/aromatic N) is 1. The molecule has 2 aromatic carbocycles. The van der Waals surface area contributed by atoms with Gasteiger partial charge in [0.15, 0.2) is 0 Å². The number of methoxy groups -OCH3 is 2. The van der Waals surface area contributed by atoms with Crippen LogP contribution in [0.15, 0.2) is 36.4 Å². The lowest BCUT2D eigenvalue weighted by molar-refractivity contribution is -0.118. The zero-order chi connectivity index (χ0) is 18.7. The number of carbonyl (C=O) groups is 2. The molecular weight excluding hydrogens is 332 g/mol. The first-order valence-corrected chi connectivity index (χ1v) is 8.54. The Hall–Kier alpha value is -3.02. The van der Waals surface area contributed by atoms with E-state index in [4.69, 9.17) is 9.47 Å². The van der Waals surface area contributed by atoms with E-state index in [0.29, 0.717) is 42.1 Å². The molecule has 0 fully saturated rings. The first kappa shape index (κ1) is 17.8. The van der Waals surface area contributed by atoms with Crippen LogP contribution in [0.4, 0.5) is 11.4 Å². The van der Waals surface area contributed by atoms with Gasteiger partial charge in [0.05, 0.1) is 19.9 Å². The molecule has 0 bridgehead atoms. The van der Waals surface area contributed by atoms with Gasteiger partial charge in [-0.25, -0.2) is 0 Å². The fourth-order valence-corrected chi connectivity index (χ4v) is 3.20. The van der Waals surface area contributed by atoms with E-state index in [1.807, 2.05) is 13.0 Å². The maximum atomic E-state index is 12.9. The number of hydrogen-bond acceptors (Lipinski definition) is 4. The molecule has 1 heterocycles. The molecule has 6 nitrogen and oxygen atoms in total. The van der Waals surface area contributed by atoms with Gasteiger partial charge in [-0.05, 0) is 36.2 Å². The van der Waals surface area contributed by atoms with Gasteiger partial charge in [-0.15, -0.1) is 0 Å². The Balaban J connectivity index is 1.91. The molecule has 0 saturated carbocycles. The summed E-state index contributed by atoms with van der Waals surface area (Å²) in [6, 6.07) is 10.7. The van der Waals surface area contributed by atoms with Crippen molar-refractivity contribution in [2.24, 2.45) is 0 Å². The summed E-state index contributed by atoms with van der Waals surface area (Å²) in [7, 11) is 3.11. The molecule has 1 N–H and O–H groups in total. The molecule has 1 aliphatic rings. The smallest absolute Gasteiger partial charge is 0.256 e. The maximum Gasteiger partial charge on any atom is 0.256 e. The number of fused-ring (bicyclic) bond motifs is 1. The Morgan fingerprint density at radius 3 is 2.65 bits per heavy atom. The van der Waals surface area contributed by atoms with Crippen LogP contribution >= 0.6 is 0 Å². The van der Waals surface area contributed by atoms with Crippen molar-refractivity contribution >= 4 is 23.2 Å². The first-order chi connectivity index (χ1) is 12.6. The molecule has 6 heteroatoms. The zero-order valence-electron chi connectivity index (χ0n) is 15.2. The molecule has 1 aliphatic heterocycles. The van der Waals surface area contributed by atoms with Crippen LogP contribution in [-0.2, 0) is 11.2 Å². The van der Waals surface area contributed by atoms with Gasteiger partial charge in [-0.3, -0.25) is 9.59 Å². The van der Waals surface area contributed by atoms with Crippen LogP contribution in [0.3, 0.4) is 0 Å². The predicted molar refractivity (Wildman–Crippen MR) is 100 cm³/mol. The van der Waals surface area contributed by atoms with Crippen LogP contribution in [0.5, 0.6) is 11.5 Å². The van der Waals surface area contributed by atoms with Gasteiger partial charge in [0.25, 0.3) is 5.91 Å². The summed E-state index contributed by atoms with van der Waals surface area (Å²) >= 11 is 0. The Labute approximate surface area is 152 Å². The van der Waals surface area contributed by atoms with Crippen LogP contribution < -0.4 is 19.7 Å². The predicted octanol–water partition coefficient (Wildman–Crippen LogP) is 3.26. The summed E-state index contributed by atoms with van der Waals surface area (Å²) in [5, 5.41) is 2.89. The third-order valence-electron chi connectivity index (χ3n) is 4.53. The van der Waals surface area contributed by atoms with E-state index in [2.05, 4.69) is 5.32 Å². The van der Waals surface area contributed by atoms with Gasteiger partial charge < -0.3 is 19.7 Å². The molecule has 3 rings (SSSR count). The SMILES string of the molecule is CCC(=O)N1CCc2c(C(=O)Nc3cc(OC)ccc3OC)cccc21. The Kier molecular flexibility index (Phi) is 5.11. The number of benzene rings is 2. The summed E-state index contributed by atoms with van der Waals surface area (Å²) in [5.74, 6) is 1.00. The molecule has 0 spiro atoms. The molecule has 2 amide bonds. The minimum atomic E-state index is -0.237.